The van der Waals surface area contributed by atoms with Crippen LogP contribution in [-0.2, 0) is 0 Å². The topological polar surface area (TPSA) is 80.0 Å². The van der Waals surface area contributed by atoms with E-state index in [1.54, 1.807) is 48.7 Å². The molecule has 29 heavy (non-hydrogen) atoms. The van der Waals surface area contributed by atoms with Crippen LogP contribution in [0.15, 0.2) is 65.2 Å². The number of halogens is 1. The number of anilines is 1. The Balaban J connectivity index is 1.53. The molecule has 144 valence electrons. The first kappa shape index (κ1) is 19.0. The van der Waals surface area contributed by atoms with Crippen molar-refractivity contribution in [3.05, 3.63) is 76.9 Å². The summed E-state index contributed by atoms with van der Waals surface area (Å²) in [5.41, 5.74) is 3.81. The van der Waals surface area contributed by atoms with Gasteiger partial charge in [-0.15, -0.1) is 0 Å². The Hall–Kier alpha value is -3.29. The molecular weight excluding hydrogens is 408 g/mol. The normalized spacial score (nSPS) is 10.7. The number of amides is 1. The highest BCUT2D eigenvalue weighted by atomic mass is 35.5. The largest absolute Gasteiger partial charge is 0.434 e. The highest BCUT2D eigenvalue weighted by Gasteiger charge is 2.14. The molecule has 1 amide bonds. The van der Waals surface area contributed by atoms with E-state index in [2.05, 4.69) is 20.6 Å². The predicted octanol–water partition coefficient (Wildman–Crippen LogP) is 4.98. The number of benzene rings is 2. The number of hydrogen-bond acceptors (Lipinski definition) is 5. The SMILES string of the molecule is Cc1cccc(C(=O)NC(=S)Nc2ccc(Cl)c(-c3nc4ncccc4o3)c2)c1. The molecule has 0 saturated carbocycles. The van der Waals surface area contributed by atoms with Crippen molar-refractivity contribution in [3.63, 3.8) is 0 Å². The molecule has 0 radical (unpaired) electrons. The first-order valence-electron chi connectivity index (χ1n) is 8.70. The number of nitrogens with one attached hydrogen (secondary N) is 2. The van der Waals surface area contributed by atoms with Crippen molar-refractivity contribution < 1.29 is 9.21 Å². The molecule has 2 N–H and O–H groups in total. The summed E-state index contributed by atoms with van der Waals surface area (Å²) in [5, 5.41) is 6.29. The molecule has 2 aromatic heterocycles. The van der Waals surface area contributed by atoms with E-state index in [-0.39, 0.29) is 11.0 Å². The molecule has 4 rings (SSSR count). The van der Waals surface area contributed by atoms with Crippen molar-refractivity contribution >= 4 is 51.8 Å². The zero-order valence-electron chi connectivity index (χ0n) is 15.3. The lowest BCUT2D eigenvalue weighted by Crippen LogP contribution is -2.34. The van der Waals surface area contributed by atoms with Crippen molar-refractivity contribution in [2.24, 2.45) is 0 Å². The van der Waals surface area contributed by atoms with Crippen molar-refractivity contribution in [1.82, 2.24) is 15.3 Å². The van der Waals surface area contributed by atoms with Gasteiger partial charge in [-0.25, -0.2) is 4.98 Å². The Labute approximate surface area is 176 Å². The summed E-state index contributed by atoms with van der Waals surface area (Å²) >= 11 is 11.6. The number of carbonyl (C=O) groups excluding carboxylic acids is 1. The van der Waals surface area contributed by atoms with Crippen LogP contribution in [0.4, 0.5) is 5.69 Å². The van der Waals surface area contributed by atoms with Crippen molar-refractivity contribution in [3.8, 4) is 11.5 Å². The summed E-state index contributed by atoms with van der Waals surface area (Å²) < 4.78 is 5.74. The lowest BCUT2D eigenvalue weighted by molar-refractivity contribution is 0.0977. The third kappa shape index (κ3) is 4.26. The summed E-state index contributed by atoms with van der Waals surface area (Å²) in [6.45, 7) is 1.92. The number of fused-ring (bicyclic) bond motifs is 1. The van der Waals surface area contributed by atoms with E-state index in [9.17, 15) is 4.79 Å². The van der Waals surface area contributed by atoms with Crippen LogP contribution in [0.1, 0.15) is 15.9 Å². The van der Waals surface area contributed by atoms with E-state index in [0.717, 1.165) is 5.56 Å². The van der Waals surface area contributed by atoms with Gasteiger partial charge in [-0.1, -0.05) is 29.3 Å². The maximum atomic E-state index is 12.3. The van der Waals surface area contributed by atoms with Crippen LogP contribution in [0.5, 0.6) is 0 Å². The molecule has 0 bridgehead atoms. The first-order chi connectivity index (χ1) is 14.0. The summed E-state index contributed by atoms with van der Waals surface area (Å²) in [6, 6.07) is 16.0. The van der Waals surface area contributed by atoms with E-state index < -0.39 is 0 Å². The van der Waals surface area contributed by atoms with Gasteiger partial charge in [0.15, 0.2) is 16.3 Å². The van der Waals surface area contributed by atoms with Gasteiger partial charge in [0.25, 0.3) is 5.91 Å². The molecule has 0 atom stereocenters. The Morgan fingerprint density at radius 3 is 2.79 bits per heavy atom. The number of pyridine rings is 1. The van der Waals surface area contributed by atoms with Crippen LogP contribution in [0.25, 0.3) is 22.7 Å². The van der Waals surface area contributed by atoms with Gasteiger partial charge in [0.2, 0.25) is 5.89 Å². The first-order valence-corrected chi connectivity index (χ1v) is 9.49. The summed E-state index contributed by atoms with van der Waals surface area (Å²) in [4.78, 5) is 20.9. The van der Waals surface area contributed by atoms with E-state index in [0.29, 0.717) is 39.0 Å². The Bertz CT molecular complexity index is 1210. The van der Waals surface area contributed by atoms with E-state index in [4.69, 9.17) is 28.2 Å². The zero-order valence-corrected chi connectivity index (χ0v) is 16.8. The van der Waals surface area contributed by atoms with Crippen LogP contribution >= 0.6 is 23.8 Å². The molecule has 0 unspecified atom stereocenters. The number of carbonyl (C=O) groups is 1. The molecule has 0 aliphatic heterocycles. The van der Waals surface area contributed by atoms with E-state index in [1.165, 1.54) is 0 Å². The van der Waals surface area contributed by atoms with Crippen LogP contribution in [-0.4, -0.2) is 21.0 Å². The third-order valence-corrected chi connectivity index (χ3v) is 4.66. The van der Waals surface area contributed by atoms with Crippen LogP contribution in [0.3, 0.4) is 0 Å². The second-order valence-electron chi connectivity index (χ2n) is 6.32. The minimum Gasteiger partial charge on any atom is -0.434 e. The maximum absolute atomic E-state index is 12.3. The fourth-order valence-corrected chi connectivity index (χ4v) is 3.18. The van der Waals surface area contributed by atoms with Gasteiger partial charge in [-0.05, 0) is 61.6 Å². The molecule has 0 saturated heterocycles. The number of rotatable bonds is 3. The number of thiocarbonyl (C=S) groups is 1. The fraction of sp³-hybridized carbons (Fsp3) is 0.0476. The van der Waals surface area contributed by atoms with Gasteiger partial charge in [-0.2, -0.15) is 4.98 Å². The average Bonchev–Trinajstić information content (AvgIpc) is 3.13. The van der Waals surface area contributed by atoms with Crippen molar-refractivity contribution in [2.45, 2.75) is 6.92 Å². The molecule has 0 fully saturated rings. The summed E-state index contributed by atoms with van der Waals surface area (Å²) in [7, 11) is 0. The molecule has 0 aliphatic rings. The minimum atomic E-state index is -0.287. The van der Waals surface area contributed by atoms with Gasteiger partial charge in [0.1, 0.15) is 0 Å². The highest BCUT2D eigenvalue weighted by molar-refractivity contribution is 7.80. The maximum Gasteiger partial charge on any atom is 0.257 e. The molecular formula is C21H15ClN4O2S. The van der Waals surface area contributed by atoms with Gasteiger partial charge >= 0.3 is 0 Å². The second kappa shape index (κ2) is 7.98. The second-order valence-corrected chi connectivity index (χ2v) is 7.13. The Kier molecular flexibility index (Phi) is 5.24. The standard InChI is InChI=1S/C21H15ClN4O2S/c1-12-4-2-5-13(10-12)19(27)26-21(29)24-14-7-8-16(22)15(11-14)20-25-18-17(28-20)6-3-9-23-18/h2-11H,1H3,(H2,24,26,27,29). The monoisotopic (exact) mass is 422 g/mol. The molecule has 0 aliphatic carbocycles. The van der Waals surface area contributed by atoms with Gasteiger partial charge < -0.3 is 9.73 Å². The number of oxazole rings is 1. The number of aryl methyl sites for hydroxylation is 1. The van der Waals surface area contributed by atoms with E-state index in [1.807, 2.05) is 19.1 Å². The third-order valence-electron chi connectivity index (χ3n) is 4.13. The van der Waals surface area contributed by atoms with Crippen molar-refractivity contribution in [1.29, 1.82) is 0 Å². The minimum absolute atomic E-state index is 0.170. The molecule has 0 spiro atoms. The van der Waals surface area contributed by atoms with Crippen molar-refractivity contribution in [2.75, 3.05) is 5.32 Å². The Morgan fingerprint density at radius 1 is 1.14 bits per heavy atom. The van der Waals surface area contributed by atoms with Gasteiger partial charge in [-0.3, -0.25) is 10.1 Å². The predicted molar refractivity (Wildman–Crippen MR) is 117 cm³/mol. The van der Waals surface area contributed by atoms with Gasteiger partial charge in [0, 0.05) is 17.4 Å². The molecule has 4 aromatic rings. The number of nitrogens with zero attached hydrogens (tertiary/aromatic N) is 2. The number of hydrogen-bond donors (Lipinski definition) is 2. The smallest absolute Gasteiger partial charge is 0.257 e. The van der Waals surface area contributed by atoms with Crippen LogP contribution in [0, 0.1) is 6.92 Å². The van der Waals surface area contributed by atoms with Gasteiger partial charge in [0.05, 0.1) is 10.6 Å². The quantitative estimate of drug-likeness (QED) is 0.453. The fourth-order valence-electron chi connectivity index (χ4n) is 2.78. The molecule has 2 heterocycles. The number of aromatic nitrogens is 2. The lowest BCUT2D eigenvalue weighted by Gasteiger charge is -2.11. The Morgan fingerprint density at radius 2 is 2.00 bits per heavy atom. The van der Waals surface area contributed by atoms with Crippen LogP contribution < -0.4 is 10.6 Å². The summed E-state index contributed by atoms with van der Waals surface area (Å²) in [6.07, 6.45) is 1.64. The highest BCUT2D eigenvalue weighted by Crippen LogP contribution is 2.31. The lowest BCUT2D eigenvalue weighted by atomic mass is 10.1. The van der Waals surface area contributed by atoms with Crippen LogP contribution in [0.2, 0.25) is 5.02 Å². The molecule has 2 aromatic carbocycles. The molecule has 6 nitrogen and oxygen atoms in total. The molecule has 8 heteroatoms. The zero-order chi connectivity index (χ0) is 20.4. The average molecular weight is 423 g/mol. The summed E-state index contributed by atoms with van der Waals surface area (Å²) in [5.74, 6) is 0.0625. The van der Waals surface area contributed by atoms with E-state index >= 15 is 0 Å².